The van der Waals surface area contributed by atoms with E-state index >= 15 is 0 Å². The lowest BCUT2D eigenvalue weighted by Gasteiger charge is -2.14. The summed E-state index contributed by atoms with van der Waals surface area (Å²) in [5.74, 6) is 1.38. The maximum absolute atomic E-state index is 12.5. The van der Waals surface area contributed by atoms with Gasteiger partial charge in [0.25, 0.3) is 5.91 Å². The Bertz CT molecular complexity index is 956. The normalized spacial score (nSPS) is 16.9. The molecule has 4 heterocycles. The number of hydrogen-bond donors (Lipinski definition) is 0. The average Bonchev–Trinajstić information content (AvgIpc) is 3.36. The van der Waals surface area contributed by atoms with E-state index < -0.39 is 0 Å². The molecule has 0 radical (unpaired) electrons. The first-order valence-electron chi connectivity index (χ1n) is 9.13. The average molecular weight is 366 g/mol. The number of hydrogen-bond acceptors (Lipinski definition) is 6. The van der Waals surface area contributed by atoms with Gasteiger partial charge in [0.05, 0.1) is 22.6 Å². The summed E-state index contributed by atoms with van der Waals surface area (Å²) < 4.78 is 10.4. The molecule has 3 aromatic rings. The number of aromatic nitrogens is 3. The molecule has 0 saturated carbocycles. The van der Waals surface area contributed by atoms with Crippen LogP contribution in [-0.2, 0) is 6.42 Å². The minimum Gasteiger partial charge on any atom is -0.361 e. The van der Waals surface area contributed by atoms with Crippen LogP contribution in [0.3, 0.4) is 0 Å². The van der Waals surface area contributed by atoms with E-state index in [9.17, 15) is 4.79 Å². The van der Waals surface area contributed by atoms with Crippen molar-refractivity contribution in [2.45, 2.75) is 33.6 Å². The Morgan fingerprint density at radius 2 is 2.07 bits per heavy atom. The van der Waals surface area contributed by atoms with Crippen LogP contribution in [0.2, 0.25) is 0 Å². The molecule has 1 aliphatic heterocycles. The van der Waals surface area contributed by atoms with Crippen LogP contribution >= 0.6 is 0 Å². The third-order valence-corrected chi connectivity index (χ3v) is 5.01. The molecule has 7 heteroatoms. The topological polar surface area (TPSA) is 85.3 Å². The lowest BCUT2D eigenvalue weighted by Crippen LogP contribution is -2.28. The van der Waals surface area contributed by atoms with Crippen LogP contribution < -0.4 is 0 Å². The number of nitrogens with zero attached hydrogens (tertiary/aromatic N) is 4. The van der Waals surface area contributed by atoms with E-state index in [-0.39, 0.29) is 5.91 Å². The second-order valence-corrected chi connectivity index (χ2v) is 7.16. The highest BCUT2D eigenvalue weighted by Crippen LogP contribution is 2.27. The van der Waals surface area contributed by atoms with Gasteiger partial charge < -0.3 is 13.9 Å². The quantitative estimate of drug-likeness (QED) is 0.704. The SMILES string of the molecule is Cc1cc(C(=O)N2CC[C@H](Cc3cccc(-c4c(C)noc4C)n3)C2)on1. The number of pyridine rings is 1. The minimum absolute atomic E-state index is 0.0875. The van der Waals surface area contributed by atoms with Crippen molar-refractivity contribution >= 4 is 5.91 Å². The van der Waals surface area contributed by atoms with Crippen LogP contribution in [0.5, 0.6) is 0 Å². The fourth-order valence-electron chi connectivity index (χ4n) is 3.68. The molecule has 27 heavy (non-hydrogen) atoms. The zero-order valence-electron chi connectivity index (χ0n) is 15.7. The van der Waals surface area contributed by atoms with Crippen molar-refractivity contribution in [1.29, 1.82) is 0 Å². The van der Waals surface area contributed by atoms with Crippen molar-refractivity contribution in [3.8, 4) is 11.3 Å². The summed E-state index contributed by atoms with van der Waals surface area (Å²) in [4.78, 5) is 19.1. The molecule has 0 spiro atoms. The van der Waals surface area contributed by atoms with Crippen LogP contribution in [0, 0.1) is 26.7 Å². The van der Waals surface area contributed by atoms with Crippen LogP contribution in [0.25, 0.3) is 11.3 Å². The third-order valence-electron chi connectivity index (χ3n) is 5.01. The Labute approximate surface area is 157 Å². The number of likely N-dealkylation sites (tertiary alicyclic amines) is 1. The second-order valence-electron chi connectivity index (χ2n) is 7.16. The van der Waals surface area contributed by atoms with E-state index in [4.69, 9.17) is 14.0 Å². The Hall–Kier alpha value is -2.96. The first kappa shape index (κ1) is 17.5. The zero-order valence-corrected chi connectivity index (χ0v) is 15.7. The predicted molar refractivity (Wildman–Crippen MR) is 98.2 cm³/mol. The van der Waals surface area contributed by atoms with Crippen LogP contribution in [0.1, 0.15) is 39.8 Å². The van der Waals surface area contributed by atoms with Crippen molar-refractivity contribution in [1.82, 2.24) is 20.2 Å². The third kappa shape index (κ3) is 3.49. The largest absolute Gasteiger partial charge is 0.361 e. The van der Waals surface area contributed by atoms with Gasteiger partial charge >= 0.3 is 0 Å². The van der Waals surface area contributed by atoms with E-state index in [1.807, 2.05) is 43.9 Å². The summed E-state index contributed by atoms with van der Waals surface area (Å²) in [6.07, 6.45) is 1.78. The molecule has 0 bridgehead atoms. The van der Waals surface area contributed by atoms with E-state index in [2.05, 4.69) is 10.3 Å². The fourth-order valence-corrected chi connectivity index (χ4v) is 3.68. The van der Waals surface area contributed by atoms with Crippen molar-refractivity contribution in [3.05, 3.63) is 52.9 Å². The monoisotopic (exact) mass is 366 g/mol. The summed E-state index contributed by atoms with van der Waals surface area (Å²) in [5.41, 5.74) is 4.42. The second kappa shape index (κ2) is 6.98. The van der Waals surface area contributed by atoms with Gasteiger partial charge in [-0.05, 0) is 51.7 Å². The molecule has 0 aliphatic carbocycles. The number of carbonyl (C=O) groups is 1. The summed E-state index contributed by atoms with van der Waals surface area (Å²) in [5, 5.41) is 7.81. The molecular formula is C20H22N4O3. The maximum atomic E-state index is 12.5. The lowest BCUT2D eigenvalue weighted by molar-refractivity contribution is 0.0745. The predicted octanol–water partition coefficient (Wildman–Crippen LogP) is 3.35. The Morgan fingerprint density at radius 3 is 2.78 bits per heavy atom. The molecule has 0 aromatic carbocycles. The Balaban J connectivity index is 1.45. The van der Waals surface area contributed by atoms with Gasteiger partial charge in [-0.25, -0.2) is 0 Å². The maximum Gasteiger partial charge on any atom is 0.292 e. The van der Waals surface area contributed by atoms with Gasteiger partial charge in [0.2, 0.25) is 5.76 Å². The van der Waals surface area contributed by atoms with E-state index in [0.717, 1.165) is 53.5 Å². The van der Waals surface area contributed by atoms with Crippen LogP contribution in [0.15, 0.2) is 33.3 Å². The molecule has 140 valence electrons. The Kier molecular flexibility index (Phi) is 4.51. The highest BCUT2D eigenvalue weighted by Gasteiger charge is 2.29. The molecule has 1 amide bonds. The summed E-state index contributed by atoms with van der Waals surface area (Å²) >= 11 is 0. The van der Waals surface area contributed by atoms with Gasteiger partial charge in [0.15, 0.2) is 0 Å². The molecule has 7 nitrogen and oxygen atoms in total. The minimum atomic E-state index is -0.0875. The van der Waals surface area contributed by atoms with Crippen LogP contribution in [0.4, 0.5) is 0 Å². The fraction of sp³-hybridized carbons (Fsp3) is 0.400. The molecule has 4 rings (SSSR count). The van der Waals surface area contributed by atoms with Gasteiger partial charge in [-0.3, -0.25) is 9.78 Å². The first-order valence-corrected chi connectivity index (χ1v) is 9.13. The van der Waals surface area contributed by atoms with E-state index in [1.165, 1.54) is 0 Å². The van der Waals surface area contributed by atoms with Crippen molar-refractivity contribution in [2.75, 3.05) is 13.1 Å². The highest BCUT2D eigenvalue weighted by atomic mass is 16.5. The first-order chi connectivity index (χ1) is 13.0. The summed E-state index contributed by atoms with van der Waals surface area (Å²) in [6.45, 7) is 7.06. The Morgan fingerprint density at radius 1 is 1.22 bits per heavy atom. The van der Waals surface area contributed by atoms with Crippen molar-refractivity contribution < 1.29 is 13.8 Å². The molecule has 1 atom stereocenters. The number of rotatable bonds is 4. The highest BCUT2D eigenvalue weighted by molar-refractivity contribution is 5.91. The number of aryl methyl sites for hydroxylation is 3. The molecule has 3 aromatic heterocycles. The van der Waals surface area contributed by atoms with Gasteiger partial charge in [-0.1, -0.05) is 16.4 Å². The zero-order chi connectivity index (χ0) is 19.0. The van der Waals surface area contributed by atoms with Gasteiger partial charge in [-0.15, -0.1) is 0 Å². The standard InChI is InChI=1S/C20H22N4O3/c1-12-9-18(27-22-12)20(25)24-8-7-15(11-24)10-16-5-4-6-17(21-16)19-13(2)23-26-14(19)3/h4-6,9,15H,7-8,10-11H2,1-3H3/t15-/m1/s1. The summed E-state index contributed by atoms with van der Waals surface area (Å²) in [7, 11) is 0. The molecule has 1 aliphatic rings. The van der Waals surface area contributed by atoms with Gasteiger partial charge in [0, 0.05) is 24.8 Å². The smallest absolute Gasteiger partial charge is 0.292 e. The van der Waals surface area contributed by atoms with E-state index in [0.29, 0.717) is 18.2 Å². The van der Waals surface area contributed by atoms with Crippen LogP contribution in [-0.4, -0.2) is 39.2 Å². The molecule has 1 saturated heterocycles. The number of carbonyl (C=O) groups excluding carboxylic acids is 1. The molecular weight excluding hydrogens is 344 g/mol. The summed E-state index contributed by atoms with van der Waals surface area (Å²) in [6, 6.07) is 7.71. The van der Waals surface area contributed by atoms with Gasteiger partial charge in [-0.2, -0.15) is 0 Å². The van der Waals surface area contributed by atoms with Crippen molar-refractivity contribution in [3.63, 3.8) is 0 Å². The molecule has 1 fully saturated rings. The number of amides is 1. The molecule has 0 unspecified atom stereocenters. The van der Waals surface area contributed by atoms with E-state index in [1.54, 1.807) is 6.07 Å². The lowest BCUT2D eigenvalue weighted by atomic mass is 10.0. The van der Waals surface area contributed by atoms with Gasteiger partial charge in [0.1, 0.15) is 5.76 Å². The van der Waals surface area contributed by atoms with Crippen molar-refractivity contribution in [2.24, 2.45) is 5.92 Å². The molecule has 0 N–H and O–H groups in total.